The Hall–Kier alpha value is -1.70. The molecule has 1 aromatic heterocycles. The third kappa shape index (κ3) is 3.40. The summed E-state index contributed by atoms with van der Waals surface area (Å²) in [6.07, 6.45) is 4.64. The van der Waals surface area contributed by atoms with Crippen molar-refractivity contribution in [2.45, 2.75) is 12.8 Å². The smallest absolute Gasteiger partial charge is 0.323 e. The molecule has 0 saturated heterocycles. The zero-order valence-corrected chi connectivity index (χ0v) is 11.5. The highest BCUT2D eigenvalue weighted by molar-refractivity contribution is 9.10. The number of rotatable bonds is 6. The topological polar surface area (TPSA) is 96.6 Å². The molecule has 19 heavy (non-hydrogen) atoms. The first-order chi connectivity index (χ1) is 8.99. The average Bonchev–Trinajstić information content (AvgIpc) is 3.11. The van der Waals surface area contributed by atoms with E-state index in [4.69, 9.17) is 5.11 Å². The number of nitrogens with zero attached hydrogens (tertiary/aromatic N) is 3. The predicted octanol–water partition coefficient (Wildman–Crippen LogP) is 2.05. The molecule has 0 bridgehead atoms. The van der Waals surface area contributed by atoms with Crippen LogP contribution in [-0.4, -0.2) is 34.1 Å². The third-order valence-corrected chi connectivity index (χ3v) is 3.45. The number of carboxylic acids is 1. The van der Waals surface area contributed by atoms with Gasteiger partial charge in [0.15, 0.2) is 0 Å². The number of carboxylic acid groups (broad SMARTS) is 1. The van der Waals surface area contributed by atoms with E-state index in [-0.39, 0.29) is 17.9 Å². The van der Waals surface area contributed by atoms with Crippen molar-refractivity contribution in [2.75, 3.05) is 18.0 Å². The number of hydrogen-bond acceptors (Lipinski definition) is 5. The van der Waals surface area contributed by atoms with E-state index in [0.29, 0.717) is 16.9 Å². The largest absolute Gasteiger partial charge is 0.480 e. The Morgan fingerprint density at radius 3 is 2.79 bits per heavy atom. The van der Waals surface area contributed by atoms with E-state index in [9.17, 15) is 14.9 Å². The van der Waals surface area contributed by atoms with Gasteiger partial charge in [0.25, 0.3) is 0 Å². The lowest BCUT2D eigenvalue weighted by Crippen LogP contribution is -2.32. The van der Waals surface area contributed by atoms with Crippen LogP contribution in [0.2, 0.25) is 0 Å². The Balaban J connectivity index is 2.38. The first-order valence-corrected chi connectivity index (χ1v) is 6.53. The standard InChI is InChI=1S/C11H12BrN3O4/c12-8-3-13-4-9(15(18)19)11(8)14(6-10(16)17)5-7-1-2-7/h3-4,7H,1-2,5-6H2,(H,16,17). The highest BCUT2D eigenvalue weighted by atomic mass is 79.9. The van der Waals surface area contributed by atoms with E-state index in [1.54, 1.807) is 0 Å². The second-order valence-electron chi connectivity index (χ2n) is 4.46. The predicted molar refractivity (Wildman–Crippen MR) is 71.2 cm³/mol. The van der Waals surface area contributed by atoms with Crippen molar-refractivity contribution < 1.29 is 14.8 Å². The highest BCUT2D eigenvalue weighted by Crippen LogP contribution is 2.38. The molecule has 1 aliphatic carbocycles. The Kier molecular flexibility index (Phi) is 3.98. The Morgan fingerprint density at radius 2 is 2.26 bits per heavy atom. The fourth-order valence-electron chi connectivity index (χ4n) is 1.87. The lowest BCUT2D eigenvalue weighted by atomic mass is 10.2. The maximum absolute atomic E-state index is 11.0. The molecular weight excluding hydrogens is 318 g/mol. The van der Waals surface area contributed by atoms with Crippen LogP contribution < -0.4 is 4.90 Å². The summed E-state index contributed by atoms with van der Waals surface area (Å²) >= 11 is 3.21. The van der Waals surface area contributed by atoms with Gasteiger partial charge in [-0.2, -0.15) is 0 Å². The van der Waals surface area contributed by atoms with E-state index < -0.39 is 10.9 Å². The normalized spacial score (nSPS) is 14.2. The number of aliphatic carboxylic acids is 1. The summed E-state index contributed by atoms with van der Waals surface area (Å²) in [4.78, 5) is 26.7. The minimum atomic E-state index is -1.02. The van der Waals surface area contributed by atoms with Gasteiger partial charge >= 0.3 is 11.7 Å². The first kappa shape index (κ1) is 13.7. The van der Waals surface area contributed by atoms with Gasteiger partial charge in [-0.25, -0.2) is 0 Å². The number of aromatic nitrogens is 1. The molecule has 0 unspecified atom stereocenters. The number of halogens is 1. The monoisotopic (exact) mass is 329 g/mol. The minimum Gasteiger partial charge on any atom is -0.480 e. The minimum absolute atomic E-state index is 0.184. The van der Waals surface area contributed by atoms with Crippen molar-refractivity contribution >= 4 is 33.3 Å². The van der Waals surface area contributed by atoms with Gasteiger partial charge in [0, 0.05) is 12.7 Å². The van der Waals surface area contributed by atoms with E-state index in [1.807, 2.05) is 0 Å². The Labute approximate surface area is 117 Å². The van der Waals surface area contributed by atoms with Gasteiger partial charge in [-0.05, 0) is 34.7 Å². The SMILES string of the molecule is O=C(O)CN(CC1CC1)c1c(Br)cncc1[N+](=O)[O-]. The van der Waals surface area contributed by atoms with Gasteiger partial charge in [-0.1, -0.05) is 0 Å². The van der Waals surface area contributed by atoms with Crippen molar-refractivity contribution in [3.8, 4) is 0 Å². The van der Waals surface area contributed by atoms with Crippen LogP contribution in [0.3, 0.4) is 0 Å². The summed E-state index contributed by atoms with van der Waals surface area (Å²) in [5, 5.41) is 20.0. The number of anilines is 1. The van der Waals surface area contributed by atoms with E-state index in [0.717, 1.165) is 19.0 Å². The van der Waals surface area contributed by atoms with Crippen LogP contribution in [0.5, 0.6) is 0 Å². The Morgan fingerprint density at radius 1 is 1.58 bits per heavy atom. The van der Waals surface area contributed by atoms with E-state index in [2.05, 4.69) is 20.9 Å². The summed E-state index contributed by atoms with van der Waals surface area (Å²) in [5.74, 6) is -0.599. The summed E-state index contributed by atoms with van der Waals surface area (Å²) in [6, 6.07) is 0. The molecule has 0 radical (unpaired) electrons. The van der Waals surface area contributed by atoms with Crippen LogP contribution in [0, 0.1) is 16.0 Å². The van der Waals surface area contributed by atoms with Gasteiger partial charge in [0.1, 0.15) is 18.4 Å². The molecule has 102 valence electrons. The van der Waals surface area contributed by atoms with Gasteiger partial charge < -0.3 is 10.0 Å². The van der Waals surface area contributed by atoms with Gasteiger partial charge in [0.05, 0.1) is 9.40 Å². The van der Waals surface area contributed by atoms with E-state index in [1.165, 1.54) is 11.1 Å². The number of hydrogen-bond donors (Lipinski definition) is 1. The Bertz CT molecular complexity index is 519. The van der Waals surface area contributed by atoms with Crippen LogP contribution in [0.1, 0.15) is 12.8 Å². The summed E-state index contributed by atoms with van der Waals surface area (Å²) in [5.41, 5.74) is 0.102. The number of carbonyl (C=O) groups is 1. The molecule has 1 heterocycles. The molecule has 2 rings (SSSR count). The molecule has 8 heteroatoms. The fourth-order valence-corrected chi connectivity index (χ4v) is 2.45. The molecule has 1 saturated carbocycles. The number of pyridine rings is 1. The lowest BCUT2D eigenvalue weighted by Gasteiger charge is -2.23. The van der Waals surface area contributed by atoms with Crippen molar-refractivity contribution in [3.63, 3.8) is 0 Å². The molecule has 1 aliphatic rings. The molecule has 0 aliphatic heterocycles. The van der Waals surface area contributed by atoms with Crippen LogP contribution >= 0.6 is 15.9 Å². The molecule has 1 N–H and O–H groups in total. The molecule has 0 aromatic carbocycles. The third-order valence-electron chi connectivity index (χ3n) is 2.87. The number of nitro groups is 1. The van der Waals surface area contributed by atoms with Crippen molar-refractivity contribution in [2.24, 2.45) is 5.92 Å². The van der Waals surface area contributed by atoms with Crippen molar-refractivity contribution in [1.82, 2.24) is 4.98 Å². The van der Waals surface area contributed by atoms with E-state index >= 15 is 0 Å². The molecule has 1 aromatic rings. The first-order valence-electron chi connectivity index (χ1n) is 5.73. The quantitative estimate of drug-likeness (QED) is 0.633. The zero-order valence-electron chi connectivity index (χ0n) is 9.95. The molecule has 7 nitrogen and oxygen atoms in total. The van der Waals surface area contributed by atoms with Crippen LogP contribution in [0.4, 0.5) is 11.4 Å². The molecule has 0 spiro atoms. The molecular formula is C11H12BrN3O4. The van der Waals surface area contributed by atoms with Crippen LogP contribution in [0.25, 0.3) is 0 Å². The maximum atomic E-state index is 11.0. The zero-order chi connectivity index (χ0) is 14.0. The second-order valence-corrected chi connectivity index (χ2v) is 5.32. The fraction of sp³-hybridized carbons (Fsp3) is 0.455. The molecule has 0 amide bonds. The van der Waals surface area contributed by atoms with Gasteiger partial charge in [0.2, 0.25) is 0 Å². The van der Waals surface area contributed by atoms with Gasteiger partial charge in [-0.15, -0.1) is 0 Å². The van der Waals surface area contributed by atoms with Crippen LogP contribution in [-0.2, 0) is 4.79 Å². The lowest BCUT2D eigenvalue weighted by molar-refractivity contribution is -0.384. The van der Waals surface area contributed by atoms with Gasteiger partial charge in [-0.3, -0.25) is 19.9 Å². The second kappa shape index (κ2) is 5.52. The van der Waals surface area contributed by atoms with Crippen molar-refractivity contribution in [3.05, 3.63) is 27.0 Å². The summed E-state index contributed by atoms with van der Waals surface area (Å²) < 4.78 is 0.434. The molecule has 1 fully saturated rings. The highest BCUT2D eigenvalue weighted by Gasteiger charge is 2.30. The van der Waals surface area contributed by atoms with Crippen LogP contribution in [0.15, 0.2) is 16.9 Å². The average molecular weight is 330 g/mol. The maximum Gasteiger partial charge on any atom is 0.323 e. The summed E-state index contributed by atoms with van der Waals surface area (Å²) in [6.45, 7) is 0.246. The summed E-state index contributed by atoms with van der Waals surface area (Å²) in [7, 11) is 0. The molecule has 0 atom stereocenters. The van der Waals surface area contributed by atoms with Crippen molar-refractivity contribution in [1.29, 1.82) is 0 Å².